The molecule has 6 heteroatoms. The van der Waals surface area contributed by atoms with Crippen LogP contribution in [0.3, 0.4) is 0 Å². The molecule has 104 valence electrons. The average Bonchev–Trinajstić information content (AvgIpc) is 2.35. The molecule has 0 spiro atoms. The van der Waals surface area contributed by atoms with Gasteiger partial charge in [-0.3, -0.25) is 9.59 Å². The van der Waals surface area contributed by atoms with Crippen LogP contribution in [0.2, 0.25) is 0 Å². The highest BCUT2D eigenvalue weighted by molar-refractivity contribution is 9.10. The minimum Gasteiger partial charge on any atom is -0.354 e. The highest BCUT2D eigenvalue weighted by Crippen LogP contribution is 2.08. The third-order valence-corrected chi connectivity index (χ3v) is 2.85. The van der Waals surface area contributed by atoms with Crippen molar-refractivity contribution in [3.8, 4) is 0 Å². The molecule has 1 rings (SSSR count). The fourth-order valence-electron chi connectivity index (χ4n) is 1.35. The molecule has 0 bridgehead atoms. The number of aromatic nitrogens is 1. The summed E-state index contributed by atoms with van der Waals surface area (Å²) in [4.78, 5) is 27.6. The summed E-state index contributed by atoms with van der Waals surface area (Å²) in [7, 11) is 0. The summed E-state index contributed by atoms with van der Waals surface area (Å²) in [6.45, 7) is 6.28. The van der Waals surface area contributed by atoms with Gasteiger partial charge in [0.1, 0.15) is 10.6 Å². The van der Waals surface area contributed by atoms with Crippen LogP contribution in [0.4, 0.5) is 0 Å². The van der Waals surface area contributed by atoms with Crippen molar-refractivity contribution in [1.29, 1.82) is 0 Å². The number of amides is 2. The molecular formula is C13H18BrN3O2. The third-order valence-electron chi connectivity index (χ3n) is 2.41. The fourth-order valence-corrected chi connectivity index (χ4v) is 1.71. The largest absolute Gasteiger partial charge is 0.354 e. The summed E-state index contributed by atoms with van der Waals surface area (Å²) in [6, 6.07) is 2.63. The van der Waals surface area contributed by atoms with E-state index >= 15 is 0 Å². The Kier molecular flexibility index (Phi) is 5.95. The van der Waals surface area contributed by atoms with E-state index < -0.39 is 6.04 Å². The van der Waals surface area contributed by atoms with Crippen molar-refractivity contribution in [2.75, 3.05) is 6.54 Å². The van der Waals surface area contributed by atoms with E-state index in [0.717, 1.165) is 0 Å². The molecule has 0 fully saturated rings. The average molecular weight is 328 g/mol. The molecule has 0 radical (unpaired) electrons. The van der Waals surface area contributed by atoms with Crippen LogP contribution < -0.4 is 10.6 Å². The zero-order valence-corrected chi connectivity index (χ0v) is 12.8. The maximum atomic E-state index is 11.9. The molecule has 1 aromatic rings. The second kappa shape index (κ2) is 7.23. The predicted octanol–water partition coefficient (Wildman–Crippen LogP) is 1.73. The normalized spacial score (nSPS) is 12.1. The molecule has 2 amide bonds. The van der Waals surface area contributed by atoms with Gasteiger partial charge in [-0.1, -0.05) is 13.8 Å². The Bertz CT molecular complexity index is 463. The number of carbonyl (C=O) groups is 2. The van der Waals surface area contributed by atoms with Gasteiger partial charge in [-0.05, 0) is 40.9 Å². The van der Waals surface area contributed by atoms with Crippen LogP contribution in [0.5, 0.6) is 0 Å². The van der Waals surface area contributed by atoms with E-state index in [1.54, 1.807) is 19.1 Å². The number of hydrogen-bond acceptors (Lipinski definition) is 3. The minimum atomic E-state index is -0.571. The first-order chi connectivity index (χ1) is 8.90. The van der Waals surface area contributed by atoms with Crippen molar-refractivity contribution < 1.29 is 9.59 Å². The molecular weight excluding hydrogens is 310 g/mol. The fraction of sp³-hybridized carbons (Fsp3) is 0.462. The summed E-state index contributed by atoms with van der Waals surface area (Å²) < 4.78 is 0.581. The van der Waals surface area contributed by atoms with Gasteiger partial charge < -0.3 is 10.6 Å². The number of rotatable bonds is 5. The first kappa shape index (κ1) is 15.6. The molecule has 0 aliphatic heterocycles. The van der Waals surface area contributed by atoms with Crippen molar-refractivity contribution in [3.05, 3.63) is 28.5 Å². The highest BCUT2D eigenvalue weighted by Gasteiger charge is 2.16. The second-order valence-electron chi connectivity index (χ2n) is 4.70. The quantitative estimate of drug-likeness (QED) is 0.809. The summed E-state index contributed by atoms with van der Waals surface area (Å²) in [5.74, 6) is -0.103. The zero-order chi connectivity index (χ0) is 14.4. The van der Waals surface area contributed by atoms with E-state index in [1.165, 1.54) is 6.20 Å². The SMILES string of the molecule is CC(C)CNC(=O)C(C)NC(=O)c1ccnc(Br)c1. The van der Waals surface area contributed by atoms with Gasteiger partial charge in [-0.15, -0.1) is 0 Å². The van der Waals surface area contributed by atoms with Crippen LogP contribution in [-0.4, -0.2) is 29.4 Å². The minimum absolute atomic E-state index is 0.185. The van der Waals surface area contributed by atoms with E-state index in [9.17, 15) is 9.59 Å². The van der Waals surface area contributed by atoms with Crippen molar-refractivity contribution in [2.24, 2.45) is 5.92 Å². The van der Waals surface area contributed by atoms with Crippen molar-refractivity contribution in [3.63, 3.8) is 0 Å². The molecule has 1 heterocycles. The zero-order valence-electron chi connectivity index (χ0n) is 11.2. The number of nitrogens with zero attached hydrogens (tertiary/aromatic N) is 1. The van der Waals surface area contributed by atoms with E-state index in [-0.39, 0.29) is 11.8 Å². The maximum absolute atomic E-state index is 11.9. The molecule has 0 aliphatic rings. The number of hydrogen-bond donors (Lipinski definition) is 2. The van der Waals surface area contributed by atoms with Gasteiger partial charge in [-0.2, -0.15) is 0 Å². The van der Waals surface area contributed by atoms with Gasteiger partial charge in [0.15, 0.2) is 0 Å². The first-order valence-corrected chi connectivity index (χ1v) is 6.89. The third kappa shape index (κ3) is 5.38. The van der Waals surface area contributed by atoms with Crippen molar-refractivity contribution in [2.45, 2.75) is 26.8 Å². The summed E-state index contributed by atoms with van der Waals surface area (Å²) in [5, 5.41) is 5.42. The van der Waals surface area contributed by atoms with Gasteiger partial charge >= 0.3 is 0 Å². The molecule has 0 aliphatic carbocycles. The lowest BCUT2D eigenvalue weighted by Gasteiger charge is -2.15. The molecule has 1 atom stereocenters. The Hall–Kier alpha value is -1.43. The molecule has 0 aromatic carbocycles. The van der Waals surface area contributed by atoms with Crippen LogP contribution >= 0.6 is 15.9 Å². The van der Waals surface area contributed by atoms with Gasteiger partial charge in [0.2, 0.25) is 5.91 Å². The Balaban J connectivity index is 2.54. The predicted molar refractivity (Wildman–Crippen MR) is 76.7 cm³/mol. The molecule has 2 N–H and O–H groups in total. The summed E-state index contributed by atoms with van der Waals surface area (Å²) in [5.41, 5.74) is 0.463. The Morgan fingerprint density at radius 3 is 2.63 bits per heavy atom. The van der Waals surface area contributed by atoms with E-state index in [2.05, 4.69) is 31.5 Å². The topological polar surface area (TPSA) is 71.1 Å². The molecule has 5 nitrogen and oxygen atoms in total. The molecule has 1 aromatic heterocycles. The first-order valence-electron chi connectivity index (χ1n) is 6.10. The van der Waals surface area contributed by atoms with Crippen molar-refractivity contribution in [1.82, 2.24) is 15.6 Å². The van der Waals surface area contributed by atoms with Gasteiger partial charge in [0.25, 0.3) is 5.91 Å². The lowest BCUT2D eigenvalue weighted by molar-refractivity contribution is -0.122. The molecule has 0 saturated heterocycles. The Labute approximate surface area is 121 Å². The number of halogens is 1. The molecule has 1 unspecified atom stereocenters. The lowest BCUT2D eigenvalue weighted by Crippen LogP contribution is -2.45. The second-order valence-corrected chi connectivity index (χ2v) is 5.51. The monoisotopic (exact) mass is 327 g/mol. The van der Waals surface area contributed by atoms with Crippen LogP contribution in [0, 0.1) is 5.92 Å². The van der Waals surface area contributed by atoms with Gasteiger partial charge in [-0.25, -0.2) is 4.98 Å². The number of nitrogens with one attached hydrogen (secondary N) is 2. The van der Waals surface area contributed by atoms with Gasteiger partial charge in [0.05, 0.1) is 0 Å². The highest BCUT2D eigenvalue weighted by atomic mass is 79.9. The van der Waals surface area contributed by atoms with E-state index in [0.29, 0.717) is 22.6 Å². The smallest absolute Gasteiger partial charge is 0.252 e. The van der Waals surface area contributed by atoms with Crippen molar-refractivity contribution >= 4 is 27.7 Å². The lowest BCUT2D eigenvalue weighted by atomic mass is 10.2. The summed E-state index contributed by atoms with van der Waals surface area (Å²) >= 11 is 3.20. The standard InChI is InChI=1S/C13H18BrN3O2/c1-8(2)7-16-12(18)9(3)17-13(19)10-4-5-15-11(14)6-10/h4-6,8-9H,7H2,1-3H3,(H,16,18)(H,17,19). The van der Waals surface area contributed by atoms with Crippen LogP contribution in [0.15, 0.2) is 22.9 Å². The van der Waals surface area contributed by atoms with Crippen LogP contribution in [0.1, 0.15) is 31.1 Å². The summed E-state index contributed by atoms with van der Waals surface area (Å²) in [6.07, 6.45) is 1.53. The van der Waals surface area contributed by atoms with E-state index in [4.69, 9.17) is 0 Å². The molecule has 19 heavy (non-hydrogen) atoms. The van der Waals surface area contributed by atoms with E-state index in [1.807, 2.05) is 13.8 Å². The Morgan fingerprint density at radius 1 is 1.37 bits per heavy atom. The van der Waals surface area contributed by atoms with Crippen LogP contribution in [0.25, 0.3) is 0 Å². The Morgan fingerprint density at radius 2 is 2.05 bits per heavy atom. The molecule has 0 saturated carbocycles. The number of pyridine rings is 1. The van der Waals surface area contributed by atoms with Crippen LogP contribution in [-0.2, 0) is 4.79 Å². The number of carbonyl (C=O) groups excluding carboxylic acids is 2. The van der Waals surface area contributed by atoms with Gasteiger partial charge in [0, 0.05) is 18.3 Å². The maximum Gasteiger partial charge on any atom is 0.252 e.